The minimum Gasteiger partial charge on any atom is -0.486 e. The van der Waals surface area contributed by atoms with Crippen LogP contribution in [-0.2, 0) is 9.59 Å². The Kier molecular flexibility index (Phi) is 6.87. The molecule has 2 aliphatic heterocycles. The van der Waals surface area contributed by atoms with Crippen molar-refractivity contribution in [3.05, 3.63) is 35.4 Å². The lowest BCUT2D eigenvalue weighted by molar-refractivity contribution is -0.119. The van der Waals surface area contributed by atoms with Gasteiger partial charge in [0.15, 0.2) is 23.0 Å². The topological polar surface area (TPSA) is 98.4 Å². The van der Waals surface area contributed by atoms with Gasteiger partial charge in [-0.25, -0.2) is 0 Å². The second-order valence-electron chi connectivity index (χ2n) is 7.23. The zero-order valence-corrected chi connectivity index (χ0v) is 18.4. The molecule has 4 rings (SSSR count). The number of carbonyl (C=O) groups excluding carboxylic acids is 2. The maximum Gasteiger partial charge on any atom is 0.238 e. The van der Waals surface area contributed by atoms with Gasteiger partial charge in [-0.2, -0.15) is 0 Å². The number of ether oxygens (including phenoxy) is 4. The van der Waals surface area contributed by atoms with Gasteiger partial charge in [-0.05, 0) is 18.7 Å². The number of nitrogens with one attached hydrogen (secondary N) is 2. The van der Waals surface area contributed by atoms with Crippen molar-refractivity contribution in [3.8, 4) is 23.0 Å². The molecule has 10 heteroatoms. The molecular formula is C22H24ClN3O6. The lowest BCUT2D eigenvalue weighted by atomic mass is 10.2. The van der Waals surface area contributed by atoms with Crippen molar-refractivity contribution in [2.75, 3.05) is 56.7 Å². The molecule has 0 atom stereocenters. The highest BCUT2D eigenvalue weighted by Crippen LogP contribution is 2.38. The van der Waals surface area contributed by atoms with E-state index in [1.807, 2.05) is 6.92 Å². The predicted molar refractivity (Wildman–Crippen MR) is 119 cm³/mol. The molecule has 0 radical (unpaired) electrons. The molecule has 0 unspecified atom stereocenters. The summed E-state index contributed by atoms with van der Waals surface area (Å²) >= 11 is 6.25. The number of likely N-dealkylation sites (N-methyl/N-ethyl adjacent to an activating group) is 1. The molecule has 0 aromatic heterocycles. The number of anilines is 2. The predicted octanol–water partition coefficient (Wildman–Crippen LogP) is 2.78. The lowest BCUT2D eigenvalue weighted by Crippen LogP contribution is -2.38. The van der Waals surface area contributed by atoms with Crippen LogP contribution >= 0.6 is 11.6 Å². The summed E-state index contributed by atoms with van der Waals surface area (Å²) in [6, 6.07) is 8.48. The third kappa shape index (κ3) is 5.35. The molecule has 0 spiro atoms. The standard InChI is InChI=1S/C22H24ClN3O6/c1-2-26(12-21(27)24-14-3-4-17-18(9-14)30-6-5-29-17)13-22(28)25-16-11-20-19(10-15(16)23)31-7-8-32-20/h3-4,9-11H,2,5-8,12-13H2,1H3,(H,24,27)(H,25,28). The third-order valence-corrected chi connectivity index (χ3v) is 5.23. The van der Waals surface area contributed by atoms with E-state index in [1.54, 1.807) is 35.2 Å². The zero-order valence-electron chi connectivity index (χ0n) is 17.6. The van der Waals surface area contributed by atoms with Gasteiger partial charge in [-0.3, -0.25) is 14.5 Å². The molecule has 0 bridgehead atoms. The Morgan fingerprint density at radius 1 is 0.844 bits per heavy atom. The Bertz CT molecular complexity index is 1020. The smallest absolute Gasteiger partial charge is 0.238 e. The van der Waals surface area contributed by atoms with Crippen molar-refractivity contribution >= 4 is 34.8 Å². The Morgan fingerprint density at radius 3 is 2.06 bits per heavy atom. The van der Waals surface area contributed by atoms with E-state index in [-0.39, 0.29) is 24.9 Å². The SMILES string of the molecule is CCN(CC(=O)Nc1ccc2c(c1)OCCO2)CC(=O)Nc1cc2c(cc1Cl)OCCO2. The van der Waals surface area contributed by atoms with Gasteiger partial charge in [0.2, 0.25) is 11.8 Å². The molecule has 170 valence electrons. The number of nitrogens with zero attached hydrogens (tertiary/aromatic N) is 1. The minimum atomic E-state index is -0.294. The molecule has 2 aliphatic rings. The second-order valence-corrected chi connectivity index (χ2v) is 7.64. The average molecular weight is 462 g/mol. The first-order valence-electron chi connectivity index (χ1n) is 10.3. The maximum atomic E-state index is 12.6. The number of fused-ring (bicyclic) bond motifs is 2. The van der Waals surface area contributed by atoms with Gasteiger partial charge >= 0.3 is 0 Å². The van der Waals surface area contributed by atoms with Crippen molar-refractivity contribution < 1.29 is 28.5 Å². The molecule has 2 N–H and O–H groups in total. The van der Waals surface area contributed by atoms with E-state index in [1.165, 1.54) is 0 Å². The Labute approximate surface area is 190 Å². The zero-order chi connectivity index (χ0) is 22.5. The molecular weight excluding hydrogens is 438 g/mol. The van der Waals surface area contributed by atoms with Gasteiger partial charge in [0.25, 0.3) is 0 Å². The third-order valence-electron chi connectivity index (χ3n) is 4.91. The summed E-state index contributed by atoms with van der Waals surface area (Å²) in [4.78, 5) is 26.8. The van der Waals surface area contributed by atoms with Crippen LogP contribution in [0.2, 0.25) is 5.02 Å². The van der Waals surface area contributed by atoms with Crippen molar-refractivity contribution in [2.45, 2.75) is 6.92 Å². The molecule has 0 fully saturated rings. The number of halogens is 1. The van der Waals surface area contributed by atoms with Gasteiger partial charge in [-0.15, -0.1) is 0 Å². The molecule has 9 nitrogen and oxygen atoms in total. The number of amides is 2. The average Bonchev–Trinajstić information content (AvgIpc) is 2.79. The summed E-state index contributed by atoms with van der Waals surface area (Å²) in [6.07, 6.45) is 0. The maximum absolute atomic E-state index is 12.6. The van der Waals surface area contributed by atoms with Crippen LogP contribution in [0.3, 0.4) is 0 Å². The normalized spacial score (nSPS) is 14.1. The van der Waals surface area contributed by atoms with Gasteiger partial charge in [0, 0.05) is 23.9 Å². The lowest BCUT2D eigenvalue weighted by Gasteiger charge is -2.22. The summed E-state index contributed by atoms with van der Waals surface area (Å²) in [5.41, 5.74) is 1.03. The van der Waals surface area contributed by atoms with Crippen LogP contribution in [0.15, 0.2) is 30.3 Å². The Hall–Kier alpha value is -3.17. The molecule has 0 saturated carbocycles. The molecule has 0 aliphatic carbocycles. The van der Waals surface area contributed by atoms with Crippen LogP contribution in [0.4, 0.5) is 11.4 Å². The fraction of sp³-hybridized carbons (Fsp3) is 0.364. The number of carbonyl (C=O) groups is 2. The van der Waals surface area contributed by atoms with Crippen LogP contribution in [0, 0.1) is 0 Å². The first kappa shape index (κ1) is 22.0. The first-order valence-corrected chi connectivity index (χ1v) is 10.7. The molecule has 32 heavy (non-hydrogen) atoms. The molecule has 2 aromatic carbocycles. The highest BCUT2D eigenvalue weighted by molar-refractivity contribution is 6.34. The summed E-state index contributed by atoms with van der Waals surface area (Å²) in [5, 5.41) is 5.94. The van der Waals surface area contributed by atoms with Gasteiger partial charge in [0.1, 0.15) is 26.4 Å². The summed E-state index contributed by atoms with van der Waals surface area (Å²) < 4.78 is 22.0. The Balaban J connectivity index is 1.32. The molecule has 0 saturated heterocycles. The van der Waals surface area contributed by atoms with E-state index in [2.05, 4.69) is 10.6 Å². The van der Waals surface area contributed by atoms with Crippen molar-refractivity contribution in [1.82, 2.24) is 4.90 Å². The molecule has 2 heterocycles. The second kappa shape index (κ2) is 9.97. The van der Waals surface area contributed by atoms with Gasteiger partial charge in [-0.1, -0.05) is 18.5 Å². The van der Waals surface area contributed by atoms with Crippen LogP contribution in [0.1, 0.15) is 6.92 Å². The van der Waals surface area contributed by atoms with Crippen LogP contribution in [0.25, 0.3) is 0 Å². The minimum absolute atomic E-state index is 0.0236. The van der Waals surface area contributed by atoms with Gasteiger partial charge in [0.05, 0.1) is 23.8 Å². The Morgan fingerprint density at radius 2 is 1.41 bits per heavy atom. The van der Waals surface area contributed by atoms with E-state index >= 15 is 0 Å². The highest BCUT2D eigenvalue weighted by atomic mass is 35.5. The fourth-order valence-electron chi connectivity index (χ4n) is 3.36. The van der Waals surface area contributed by atoms with Crippen LogP contribution < -0.4 is 29.6 Å². The largest absolute Gasteiger partial charge is 0.486 e. The van der Waals surface area contributed by atoms with Crippen molar-refractivity contribution in [1.29, 1.82) is 0 Å². The van der Waals surface area contributed by atoms with E-state index in [4.69, 9.17) is 30.5 Å². The first-order chi connectivity index (χ1) is 15.5. The van der Waals surface area contributed by atoms with E-state index in [0.717, 1.165) is 0 Å². The quantitative estimate of drug-likeness (QED) is 0.654. The van der Waals surface area contributed by atoms with Crippen LogP contribution in [0.5, 0.6) is 23.0 Å². The van der Waals surface area contributed by atoms with Crippen molar-refractivity contribution in [2.24, 2.45) is 0 Å². The summed E-state index contributed by atoms with van der Waals surface area (Å²) in [5.74, 6) is 1.79. The molecule has 2 amide bonds. The van der Waals surface area contributed by atoms with Gasteiger partial charge < -0.3 is 29.6 Å². The van der Waals surface area contributed by atoms with E-state index < -0.39 is 0 Å². The number of hydrogen-bond donors (Lipinski definition) is 2. The highest BCUT2D eigenvalue weighted by Gasteiger charge is 2.19. The number of hydrogen-bond acceptors (Lipinski definition) is 7. The number of benzene rings is 2. The fourth-order valence-corrected chi connectivity index (χ4v) is 3.56. The molecule has 2 aromatic rings. The van der Waals surface area contributed by atoms with Crippen LogP contribution in [-0.4, -0.2) is 62.8 Å². The van der Waals surface area contributed by atoms with Crippen molar-refractivity contribution in [3.63, 3.8) is 0 Å². The van der Waals surface area contributed by atoms with E-state index in [0.29, 0.717) is 72.4 Å². The summed E-state index contributed by atoms with van der Waals surface area (Å²) in [7, 11) is 0. The monoisotopic (exact) mass is 461 g/mol. The number of rotatable bonds is 7. The summed E-state index contributed by atoms with van der Waals surface area (Å²) in [6.45, 7) is 4.32. The van der Waals surface area contributed by atoms with E-state index in [9.17, 15) is 9.59 Å².